The van der Waals surface area contributed by atoms with E-state index in [2.05, 4.69) is 44.9 Å². The van der Waals surface area contributed by atoms with Crippen molar-refractivity contribution in [2.75, 3.05) is 57.4 Å². The molecule has 1 aromatic carbocycles. The van der Waals surface area contributed by atoms with E-state index in [9.17, 15) is 9.18 Å². The van der Waals surface area contributed by atoms with E-state index in [1.54, 1.807) is 6.33 Å². The highest BCUT2D eigenvalue weighted by Gasteiger charge is 2.49. The Kier molecular flexibility index (Phi) is 7.50. The van der Waals surface area contributed by atoms with Crippen LogP contribution in [0.15, 0.2) is 36.7 Å². The van der Waals surface area contributed by atoms with Gasteiger partial charge in [-0.1, -0.05) is 25.0 Å². The van der Waals surface area contributed by atoms with Crippen LogP contribution < -0.4 is 10.2 Å². The monoisotopic (exact) mass is 575 g/mol. The lowest BCUT2D eigenvalue weighted by Gasteiger charge is -2.43. The standard InChI is InChI=1S/C32H42FN7O2/c1-22-16-38(27(15-34-22)17-37-11-12-42-19-23(37)2)18-29(41)39-20-32(9-3-4-10-32)30-28(39)14-25(31-35-21-36-40(30)31)13-24-5-7-26(33)8-6-24/h5-8,14,21-23,27,34H,3-4,9-13,15-20H2,1-2H3/t22-,23-,27-/m1/s1. The quantitative estimate of drug-likeness (QED) is 0.484. The van der Waals surface area contributed by atoms with Crippen LogP contribution in [0, 0.1) is 5.82 Å². The van der Waals surface area contributed by atoms with Crippen LogP contribution in [0.5, 0.6) is 0 Å². The average Bonchev–Trinajstić information content (AvgIpc) is 3.72. The second-order valence-electron chi connectivity index (χ2n) is 13.0. The van der Waals surface area contributed by atoms with Crippen molar-refractivity contribution in [3.05, 3.63) is 59.3 Å². The molecule has 3 aromatic rings. The number of hydrogen-bond donors (Lipinski definition) is 1. The Labute approximate surface area is 247 Å². The van der Waals surface area contributed by atoms with Gasteiger partial charge >= 0.3 is 0 Å². The van der Waals surface area contributed by atoms with Crippen LogP contribution >= 0.6 is 0 Å². The van der Waals surface area contributed by atoms with Crippen molar-refractivity contribution in [1.29, 1.82) is 0 Å². The van der Waals surface area contributed by atoms with Gasteiger partial charge in [0.25, 0.3) is 0 Å². The molecule has 1 aliphatic carbocycles. The summed E-state index contributed by atoms with van der Waals surface area (Å²) in [4.78, 5) is 26.0. The summed E-state index contributed by atoms with van der Waals surface area (Å²) in [7, 11) is 0. The SMILES string of the molecule is C[C@@H]1CN(CC(=O)N2CC3(CCCC3)c3c2cc(Cc2ccc(F)cc2)c2ncnn32)[C@@H](CN2CCOC[C@H]2C)CN1. The summed E-state index contributed by atoms with van der Waals surface area (Å²) >= 11 is 0. The normalized spacial score (nSPS) is 26.4. The zero-order chi connectivity index (χ0) is 28.8. The number of morpholine rings is 1. The van der Waals surface area contributed by atoms with E-state index in [1.165, 1.54) is 12.1 Å². The van der Waals surface area contributed by atoms with Crippen molar-refractivity contribution in [3.8, 4) is 0 Å². The van der Waals surface area contributed by atoms with E-state index in [0.29, 0.717) is 31.6 Å². The highest BCUT2D eigenvalue weighted by molar-refractivity contribution is 5.98. The molecule has 2 saturated heterocycles. The minimum absolute atomic E-state index is 0.0925. The van der Waals surface area contributed by atoms with Gasteiger partial charge in [-0.3, -0.25) is 14.6 Å². The molecular weight excluding hydrogens is 533 g/mol. The molecule has 1 N–H and O–H groups in total. The van der Waals surface area contributed by atoms with Gasteiger partial charge in [-0.15, -0.1) is 0 Å². The van der Waals surface area contributed by atoms with Gasteiger partial charge in [0.15, 0.2) is 5.65 Å². The Hall–Kier alpha value is -2.92. The fourth-order valence-corrected chi connectivity index (χ4v) is 7.78. The number of aromatic nitrogens is 3. The molecule has 1 amide bonds. The summed E-state index contributed by atoms with van der Waals surface area (Å²) < 4.78 is 21.3. The van der Waals surface area contributed by atoms with Gasteiger partial charge in [0.05, 0.1) is 31.1 Å². The summed E-state index contributed by atoms with van der Waals surface area (Å²) in [6.07, 6.45) is 6.64. The number of nitrogens with one attached hydrogen (secondary N) is 1. The number of rotatable bonds is 6. The average molecular weight is 576 g/mol. The molecule has 42 heavy (non-hydrogen) atoms. The smallest absolute Gasteiger partial charge is 0.241 e. The first kappa shape index (κ1) is 27.9. The number of ether oxygens (including phenoxy) is 1. The summed E-state index contributed by atoms with van der Waals surface area (Å²) in [6.45, 7) is 10.6. The maximum Gasteiger partial charge on any atom is 0.241 e. The third-order valence-corrected chi connectivity index (χ3v) is 10.0. The Balaban J connectivity index is 1.20. The minimum Gasteiger partial charge on any atom is -0.379 e. The van der Waals surface area contributed by atoms with Gasteiger partial charge < -0.3 is 15.0 Å². The van der Waals surface area contributed by atoms with Crippen LogP contribution in [0.25, 0.3) is 5.65 Å². The number of amides is 1. The van der Waals surface area contributed by atoms with Crippen molar-refractivity contribution in [1.82, 2.24) is 29.7 Å². The number of pyridine rings is 1. The summed E-state index contributed by atoms with van der Waals surface area (Å²) in [5.74, 6) is -0.0924. The van der Waals surface area contributed by atoms with Gasteiger partial charge in [0.1, 0.15) is 12.1 Å². The lowest BCUT2D eigenvalue weighted by Crippen LogP contribution is -2.62. The first-order valence-corrected chi connectivity index (χ1v) is 15.6. The van der Waals surface area contributed by atoms with Crippen molar-refractivity contribution >= 4 is 17.2 Å². The van der Waals surface area contributed by atoms with E-state index < -0.39 is 0 Å². The van der Waals surface area contributed by atoms with E-state index in [1.807, 2.05) is 16.6 Å². The number of fused-ring (bicyclic) bond motifs is 4. The predicted octanol–water partition coefficient (Wildman–Crippen LogP) is 3.00. The van der Waals surface area contributed by atoms with Crippen molar-refractivity contribution in [3.63, 3.8) is 0 Å². The lowest BCUT2D eigenvalue weighted by atomic mass is 9.84. The number of halogens is 1. The third-order valence-electron chi connectivity index (χ3n) is 10.0. The summed E-state index contributed by atoms with van der Waals surface area (Å²) in [6, 6.07) is 9.77. The van der Waals surface area contributed by atoms with E-state index in [4.69, 9.17) is 9.84 Å². The molecule has 4 aliphatic rings. The van der Waals surface area contributed by atoms with E-state index in [0.717, 1.165) is 93.2 Å². The molecule has 0 radical (unpaired) electrons. The van der Waals surface area contributed by atoms with Gasteiger partial charge in [0, 0.05) is 68.2 Å². The number of carbonyl (C=O) groups is 1. The van der Waals surface area contributed by atoms with Crippen molar-refractivity contribution in [2.24, 2.45) is 0 Å². The zero-order valence-electron chi connectivity index (χ0n) is 24.8. The Morgan fingerprint density at radius 1 is 1.17 bits per heavy atom. The van der Waals surface area contributed by atoms with Gasteiger partial charge in [-0.2, -0.15) is 5.10 Å². The molecule has 9 nitrogen and oxygen atoms in total. The van der Waals surface area contributed by atoms with Gasteiger partial charge in [-0.05, 0) is 50.5 Å². The fourth-order valence-electron chi connectivity index (χ4n) is 7.78. The molecule has 0 unspecified atom stereocenters. The van der Waals surface area contributed by atoms with Gasteiger partial charge in [-0.25, -0.2) is 13.9 Å². The third kappa shape index (κ3) is 5.12. The second-order valence-corrected chi connectivity index (χ2v) is 13.0. The Bertz CT molecular complexity index is 1440. The highest BCUT2D eigenvalue weighted by atomic mass is 19.1. The summed E-state index contributed by atoms with van der Waals surface area (Å²) in [5, 5.41) is 8.35. The molecule has 10 heteroatoms. The number of piperazine rings is 1. The first-order valence-electron chi connectivity index (χ1n) is 15.6. The molecule has 1 spiro atoms. The minimum atomic E-state index is -0.246. The first-order chi connectivity index (χ1) is 20.4. The molecule has 1 saturated carbocycles. The summed E-state index contributed by atoms with van der Waals surface area (Å²) in [5.41, 5.74) is 4.84. The number of carbonyl (C=O) groups excluding carboxylic acids is 1. The highest BCUT2D eigenvalue weighted by Crippen LogP contribution is 2.51. The molecule has 2 aromatic heterocycles. The molecule has 3 fully saturated rings. The number of benzene rings is 1. The molecule has 3 atom stereocenters. The lowest BCUT2D eigenvalue weighted by molar-refractivity contribution is -0.121. The maximum atomic E-state index is 14.3. The second kappa shape index (κ2) is 11.3. The van der Waals surface area contributed by atoms with Crippen molar-refractivity contribution in [2.45, 2.75) is 69.5 Å². The molecule has 0 bridgehead atoms. The number of nitrogens with zero attached hydrogens (tertiary/aromatic N) is 6. The molecule has 224 valence electrons. The molecule has 5 heterocycles. The fraction of sp³-hybridized carbons (Fsp3) is 0.594. The number of hydrogen-bond acceptors (Lipinski definition) is 7. The zero-order valence-corrected chi connectivity index (χ0v) is 24.8. The van der Waals surface area contributed by atoms with Crippen molar-refractivity contribution < 1.29 is 13.9 Å². The van der Waals surface area contributed by atoms with Crippen LogP contribution in [-0.2, 0) is 21.4 Å². The van der Waals surface area contributed by atoms with Crippen LogP contribution in [-0.4, -0.2) is 101 Å². The van der Waals surface area contributed by atoms with E-state index in [-0.39, 0.29) is 23.2 Å². The number of anilines is 1. The van der Waals surface area contributed by atoms with E-state index >= 15 is 0 Å². The maximum absolute atomic E-state index is 14.3. The molecule has 3 aliphatic heterocycles. The Morgan fingerprint density at radius 2 is 1.98 bits per heavy atom. The predicted molar refractivity (Wildman–Crippen MR) is 159 cm³/mol. The molecular formula is C32H42FN7O2. The topological polar surface area (TPSA) is 78.2 Å². The Morgan fingerprint density at radius 3 is 2.76 bits per heavy atom. The molecule has 7 rings (SSSR count). The largest absolute Gasteiger partial charge is 0.379 e. The van der Waals surface area contributed by atoms with Crippen LogP contribution in [0.4, 0.5) is 10.1 Å². The van der Waals surface area contributed by atoms with Crippen LogP contribution in [0.1, 0.15) is 56.4 Å². The van der Waals surface area contributed by atoms with Gasteiger partial charge in [0.2, 0.25) is 5.91 Å². The van der Waals surface area contributed by atoms with Crippen LogP contribution in [0.3, 0.4) is 0 Å². The van der Waals surface area contributed by atoms with Crippen LogP contribution in [0.2, 0.25) is 0 Å².